The van der Waals surface area contributed by atoms with E-state index in [1.807, 2.05) is 24.3 Å². The minimum Gasteiger partial charge on any atom is -0.355 e. The van der Waals surface area contributed by atoms with Gasteiger partial charge in [-0.15, -0.1) is 12.4 Å². The van der Waals surface area contributed by atoms with E-state index < -0.39 is 0 Å². The second-order valence-corrected chi connectivity index (χ2v) is 5.85. The van der Waals surface area contributed by atoms with E-state index in [9.17, 15) is 4.79 Å². The Bertz CT molecular complexity index is 424. The Balaban J connectivity index is 0.00000180. The van der Waals surface area contributed by atoms with Gasteiger partial charge in [-0.25, -0.2) is 0 Å². The molecule has 106 valence electrons. The molecule has 1 fully saturated rings. The van der Waals surface area contributed by atoms with Gasteiger partial charge in [0, 0.05) is 23.5 Å². The third kappa shape index (κ3) is 5.93. The van der Waals surface area contributed by atoms with Crippen LogP contribution in [0.15, 0.2) is 28.7 Å². The number of carbonyl (C=O) groups is 1. The molecule has 1 saturated carbocycles. The molecule has 0 saturated heterocycles. The summed E-state index contributed by atoms with van der Waals surface area (Å²) in [5, 5.41) is 2.91. The first-order chi connectivity index (χ1) is 8.65. The van der Waals surface area contributed by atoms with Gasteiger partial charge in [0.25, 0.3) is 0 Å². The molecule has 1 aliphatic carbocycles. The summed E-state index contributed by atoms with van der Waals surface area (Å²) in [6, 6.07) is 8.19. The normalized spacial score (nSPS) is 15.5. The SMILES string of the molecule is Cl.NC(CNC(=O)CCc1cccc(Br)c1)C1CC1. The first-order valence-electron chi connectivity index (χ1n) is 6.42. The maximum Gasteiger partial charge on any atom is 0.220 e. The molecule has 0 bridgehead atoms. The van der Waals surface area contributed by atoms with Gasteiger partial charge < -0.3 is 11.1 Å². The average Bonchev–Trinajstić information content (AvgIpc) is 3.17. The smallest absolute Gasteiger partial charge is 0.220 e. The van der Waals surface area contributed by atoms with E-state index in [0.717, 1.165) is 10.9 Å². The topological polar surface area (TPSA) is 55.1 Å². The van der Waals surface area contributed by atoms with Crippen molar-refractivity contribution in [2.75, 3.05) is 6.54 Å². The first-order valence-corrected chi connectivity index (χ1v) is 7.21. The predicted octanol–water partition coefficient (Wildman–Crippen LogP) is 2.66. The van der Waals surface area contributed by atoms with Crippen LogP contribution in [0.1, 0.15) is 24.8 Å². The maximum absolute atomic E-state index is 11.7. The number of nitrogens with two attached hydrogens (primary N) is 1. The molecule has 0 radical (unpaired) electrons. The van der Waals surface area contributed by atoms with Gasteiger partial charge in [-0.3, -0.25) is 4.79 Å². The van der Waals surface area contributed by atoms with Gasteiger partial charge >= 0.3 is 0 Å². The molecule has 1 aromatic carbocycles. The predicted molar refractivity (Wildman–Crippen MR) is 83.4 cm³/mol. The highest BCUT2D eigenvalue weighted by atomic mass is 79.9. The highest BCUT2D eigenvalue weighted by Gasteiger charge is 2.28. The molecule has 0 aliphatic heterocycles. The lowest BCUT2D eigenvalue weighted by Crippen LogP contribution is -2.38. The van der Waals surface area contributed by atoms with Crippen molar-refractivity contribution in [2.45, 2.75) is 31.7 Å². The first kappa shape index (κ1) is 16.5. The van der Waals surface area contributed by atoms with Crippen molar-refractivity contribution in [1.29, 1.82) is 0 Å². The summed E-state index contributed by atoms with van der Waals surface area (Å²) in [5.41, 5.74) is 7.11. The fourth-order valence-electron chi connectivity index (χ4n) is 1.96. The Morgan fingerprint density at radius 1 is 1.47 bits per heavy atom. The minimum absolute atomic E-state index is 0. The number of halogens is 2. The van der Waals surface area contributed by atoms with Crippen LogP contribution in [0.4, 0.5) is 0 Å². The van der Waals surface area contributed by atoms with E-state index >= 15 is 0 Å². The quantitative estimate of drug-likeness (QED) is 0.831. The van der Waals surface area contributed by atoms with Crippen LogP contribution in [0, 0.1) is 5.92 Å². The number of amides is 1. The van der Waals surface area contributed by atoms with E-state index in [4.69, 9.17) is 5.73 Å². The number of hydrogen-bond donors (Lipinski definition) is 2. The third-order valence-electron chi connectivity index (χ3n) is 3.29. The van der Waals surface area contributed by atoms with Crippen LogP contribution in [0.25, 0.3) is 0 Å². The van der Waals surface area contributed by atoms with Crippen molar-refractivity contribution in [3.8, 4) is 0 Å². The van der Waals surface area contributed by atoms with Gasteiger partial charge in [0.1, 0.15) is 0 Å². The number of nitrogens with one attached hydrogen (secondary N) is 1. The van der Waals surface area contributed by atoms with Crippen LogP contribution in [0.5, 0.6) is 0 Å². The lowest BCUT2D eigenvalue weighted by atomic mass is 10.1. The second kappa shape index (κ2) is 7.88. The summed E-state index contributed by atoms with van der Waals surface area (Å²) in [5.74, 6) is 0.724. The van der Waals surface area contributed by atoms with Gasteiger partial charge in [0.15, 0.2) is 0 Å². The van der Waals surface area contributed by atoms with E-state index in [2.05, 4.69) is 21.2 Å². The van der Waals surface area contributed by atoms with Crippen LogP contribution in [-0.4, -0.2) is 18.5 Å². The Morgan fingerprint density at radius 3 is 2.84 bits per heavy atom. The van der Waals surface area contributed by atoms with Crippen molar-refractivity contribution < 1.29 is 4.79 Å². The number of rotatable bonds is 6. The average molecular weight is 348 g/mol. The van der Waals surface area contributed by atoms with Crippen LogP contribution in [-0.2, 0) is 11.2 Å². The maximum atomic E-state index is 11.7. The standard InChI is InChI=1S/C14H19BrN2O.ClH/c15-12-3-1-2-10(8-12)4-7-14(18)17-9-13(16)11-5-6-11;/h1-3,8,11,13H,4-7,9,16H2,(H,17,18);1H. The zero-order chi connectivity index (χ0) is 13.0. The monoisotopic (exact) mass is 346 g/mol. The van der Waals surface area contributed by atoms with Gasteiger partial charge in [-0.05, 0) is 42.9 Å². The molecule has 3 nitrogen and oxygen atoms in total. The summed E-state index contributed by atoms with van der Waals surface area (Å²) in [4.78, 5) is 11.7. The van der Waals surface area contributed by atoms with Crippen LogP contribution < -0.4 is 11.1 Å². The van der Waals surface area contributed by atoms with Gasteiger partial charge in [0.05, 0.1) is 0 Å². The summed E-state index contributed by atoms with van der Waals surface area (Å²) < 4.78 is 1.05. The number of carbonyl (C=O) groups excluding carboxylic acids is 1. The van der Waals surface area contributed by atoms with Crippen LogP contribution in [0.3, 0.4) is 0 Å². The number of aryl methyl sites for hydroxylation is 1. The Hall–Kier alpha value is -0.580. The van der Waals surface area contributed by atoms with Crippen molar-refractivity contribution >= 4 is 34.2 Å². The fourth-order valence-corrected chi connectivity index (χ4v) is 2.41. The molecule has 2 rings (SSSR count). The Morgan fingerprint density at radius 2 is 2.21 bits per heavy atom. The molecular formula is C14H20BrClN2O. The van der Waals surface area contributed by atoms with Crippen molar-refractivity contribution in [2.24, 2.45) is 11.7 Å². The molecule has 1 aliphatic rings. The molecule has 1 unspecified atom stereocenters. The molecule has 1 amide bonds. The summed E-state index contributed by atoms with van der Waals surface area (Å²) >= 11 is 3.42. The van der Waals surface area contributed by atoms with Crippen molar-refractivity contribution in [1.82, 2.24) is 5.32 Å². The molecule has 5 heteroatoms. The fraction of sp³-hybridized carbons (Fsp3) is 0.500. The summed E-state index contributed by atoms with van der Waals surface area (Å²) in [6.45, 7) is 0.613. The van der Waals surface area contributed by atoms with Gasteiger partial charge in [0.2, 0.25) is 5.91 Å². The van der Waals surface area contributed by atoms with E-state index in [0.29, 0.717) is 18.9 Å². The zero-order valence-corrected chi connectivity index (χ0v) is 13.2. The second-order valence-electron chi connectivity index (χ2n) is 4.94. The van der Waals surface area contributed by atoms with E-state index in [1.54, 1.807) is 0 Å². The lowest BCUT2D eigenvalue weighted by Gasteiger charge is -2.11. The highest BCUT2D eigenvalue weighted by Crippen LogP contribution is 2.31. The Kier molecular flexibility index (Phi) is 6.83. The van der Waals surface area contributed by atoms with Crippen molar-refractivity contribution in [3.05, 3.63) is 34.3 Å². The molecule has 3 N–H and O–H groups in total. The van der Waals surface area contributed by atoms with E-state index in [-0.39, 0.29) is 24.4 Å². The highest BCUT2D eigenvalue weighted by molar-refractivity contribution is 9.10. The largest absolute Gasteiger partial charge is 0.355 e. The molecule has 1 atom stereocenters. The molecule has 0 heterocycles. The molecule has 0 spiro atoms. The number of benzene rings is 1. The van der Waals surface area contributed by atoms with Gasteiger partial charge in [-0.1, -0.05) is 28.1 Å². The molecule has 1 aromatic rings. The minimum atomic E-state index is 0. The van der Waals surface area contributed by atoms with Crippen LogP contribution >= 0.6 is 28.3 Å². The summed E-state index contributed by atoms with van der Waals surface area (Å²) in [7, 11) is 0. The Labute approximate surface area is 128 Å². The van der Waals surface area contributed by atoms with Crippen LogP contribution in [0.2, 0.25) is 0 Å². The van der Waals surface area contributed by atoms with Gasteiger partial charge in [-0.2, -0.15) is 0 Å². The number of hydrogen-bond acceptors (Lipinski definition) is 2. The molecular weight excluding hydrogens is 328 g/mol. The molecule has 0 aromatic heterocycles. The zero-order valence-electron chi connectivity index (χ0n) is 10.8. The van der Waals surface area contributed by atoms with E-state index in [1.165, 1.54) is 18.4 Å². The van der Waals surface area contributed by atoms with Crippen molar-refractivity contribution in [3.63, 3.8) is 0 Å². The summed E-state index contributed by atoms with van der Waals surface area (Å²) in [6.07, 6.45) is 3.72. The lowest BCUT2D eigenvalue weighted by molar-refractivity contribution is -0.121. The third-order valence-corrected chi connectivity index (χ3v) is 3.79. The molecule has 19 heavy (non-hydrogen) atoms.